The van der Waals surface area contributed by atoms with Crippen LogP contribution in [0, 0.1) is 5.41 Å². The Bertz CT molecular complexity index is 1040. The molecular formula is C26H33N3O4. The molecule has 0 saturated carbocycles. The summed E-state index contributed by atoms with van der Waals surface area (Å²) in [7, 11) is 1.64. The lowest BCUT2D eigenvalue weighted by molar-refractivity contribution is -0.115. The molecule has 1 aromatic heterocycles. The number of aromatic nitrogens is 2. The van der Waals surface area contributed by atoms with Gasteiger partial charge in [-0.05, 0) is 67.9 Å². The zero-order chi connectivity index (χ0) is 22.7. The van der Waals surface area contributed by atoms with Crippen molar-refractivity contribution in [1.82, 2.24) is 9.97 Å². The number of rotatable bonds is 5. The lowest BCUT2D eigenvalue weighted by atomic mass is 9.68. The van der Waals surface area contributed by atoms with Crippen molar-refractivity contribution >= 4 is 22.8 Å². The number of carbonyl (C=O) groups is 1. The van der Waals surface area contributed by atoms with Gasteiger partial charge in [-0.1, -0.05) is 17.7 Å². The second kappa shape index (κ2) is 9.77. The standard InChI is InChI=1S/C26H33N3O4/c1-31-21-5-4-20(19-6-11-32-12-7-19)24-25(21)29-22(17-27-24)28-23(30)15-18-3-2-8-26(16-18)9-13-33-14-10-26/h3-5,17,19H,2,6-16H2,1H3,(H,28,29,30). The number of benzene rings is 1. The van der Waals surface area contributed by atoms with E-state index in [4.69, 9.17) is 24.2 Å². The van der Waals surface area contributed by atoms with E-state index in [0.717, 1.165) is 70.5 Å². The molecule has 1 N–H and O–H groups in total. The molecule has 7 nitrogen and oxygen atoms in total. The van der Waals surface area contributed by atoms with Crippen molar-refractivity contribution in [2.24, 2.45) is 5.41 Å². The van der Waals surface area contributed by atoms with Crippen molar-refractivity contribution in [1.29, 1.82) is 0 Å². The second-order valence-electron chi connectivity index (χ2n) is 9.61. The minimum absolute atomic E-state index is 0.0430. The Balaban J connectivity index is 1.31. The van der Waals surface area contributed by atoms with Gasteiger partial charge in [0.15, 0.2) is 5.82 Å². The molecule has 2 aliphatic heterocycles. The summed E-state index contributed by atoms with van der Waals surface area (Å²) in [5.41, 5.74) is 4.26. The van der Waals surface area contributed by atoms with Gasteiger partial charge in [0.05, 0.1) is 18.8 Å². The zero-order valence-electron chi connectivity index (χ0n) is 19.4. The largest absolute Gasteiger partial charge is 0.494 e. The number of hydrogen-bond donors (Lipinski definition) is 1. The number of methoxy groups -OCH3 is 1. The fourth-order valence-corrected chi connectivity index (χ4v) is 5.64. The topological polar surface area (TPSA) is 82.6 Å². The SMILES string of the molecule is COc1ccc(C2CCOCC2)c2ncc(NC(=O)CC3=CCCC4(CCOCC4)C3)nc12. The average molecular weight is 452 g/mol. The van der Waals surface area contributed by atoms with Gasteiger partial charge in [0.1, 0.15) is 11.3 Å². The molecule has 7 heteroatoms. The van der Waals surface area contributed by atoms with Crippen LogP contribution in [0.5, 0.6) is 5.75 Å². The van der Waals surface area contributed by atoms with Crippen LogP contribution in [-0.2, 0) is 14.3 Å². The maximum atomic E-state index is 12.9. The number of ether oxygens (including phenoxy) is 3. The highest BCUT2D eigenvalue weighted by Crippen LogP contribution is 2.45. The van der Waals surface area contributed by atoms with Gasteiger partial charge >= 0.3 is 0 Å². The highest BCUT2D eigenvalue weighted by atomic mass is 16.5. The van der Waals surface area contributed by atoms with Crippen LogP contribution in [-0.4, -0.2) is 49.4 Å². The molecule has 2 saturated heterocycles. The monoisotopic (exact) mass is 451 g/mol. The first kappa shape index (κ1) is 22.3. The normalized spacial score (nSPS) is 21.1. The second-order valence-corrected chi connectivity index (χ2v) is 9.61. The summed E-state index contributed by atoms with van der Waals surface area (Å²) >= 11 is 0. The van der Waals surface area contributed by atoms with E-state index in [2.05, 4.69) is 17.5 Å². The van der Waals surface area contributed by atoms with E-state index in [0.29, 0.717) is 34.8 Å². The van der Waals surface area contributed by atoms with Crippen molar-refractivity contribution in [3.63, 3.8) is 0 Å². The van der Waals surface area contributed by atoms with Crippen LogP contribution in [0.15, 0.2) is 30.0 Å². The summed E-state index contributed by atoms with van der Waals surface area (Å²) in [4.78, 5) is 22.3. The number of nitrogens with zero attached hydrogens (tertiary/aromatic N) is 2. The van der Waals surface area contributed by atoms with E-state index in [1.54, 1.807) is 13.3 Å². The Kier molecular flexibility index (Phi) is 6.60. The summed E-state index contributed by atoms with van der Waals surface area (Å²) in [5.74, 6) is 1.49. The maximum absolute atomic E-state index is 12.9. The number of carbonyl (C=O) groups excluding carboxylic acids is 1. The van der Waals surface area contributed by atoms with E-state index in [9.17, 15) is 4.79 Å². The fraction of sp³-hybridized carbons (Fsp3) is 0.577. The molecule has 1 aromatic carbocycles. The molecule has 176 valence electrons. The van der Waals surface area contributed by atoms with Gasteiger partial charge in [0, 0.05) is 32.8 Å². The van der Waals surface area contributed by atoms with Gasteiger partial charge in [-0.15, -0.1) is 0 Å². The van der Waals surface area contributed by atoms with Crippen molar-refractivity contribution in [2.75, 3.05) is 38.9 Å². The molecule has 1 aliphatic carbocycles. The van der Waals surface area contributed by atoms with E-state index in [1.165, 1.54) is 17.6 Å². The van der Waals surface area contributed by atoms with Gasteiger partial charge in [-0.2, -0.15) is 0 Å². The van der Waals surface area contributed by atoms with Crippen LogP contribution in [0.25, 0.3) is 11.0 Å². The summed E-state index contributed by atoms with van der Waals surface area (Å²) in [6, 6.07) is 4.04. The predicted octanol–water partition coefficient (Wildman–Crippen LogP) is 4.77. The van der Waals surface area contributed by atoms with Crippen LogP contribution in [0.4, 0.5) is 5.82 Å². The zero-order valence-corrected chi connectivity index (χ0v) is 19.4. The van der Waals surface area contributed by atoms with Gasteiger partial charge in [0.25, 0.3) is 0 Å². The molecule has 1 amide bonds. The first-order valence-electron chi connectivity index (χ1n) is 12.1. The molecule has 3 heterocycles. The first-order chi connectivity index (χ1) is 16.2. The molecular weight excluding hydrogens is 418 g/mol. The fourth-order valence-electron chi connectivity index (χ4n) is 5.64. The van der Waals surface area contributed by atoms with Gasteiger partial charge in [-0.25, -0.2) is 4.98 Å². The molecule has 2 aromatic rings. The number of fused-ring (bicyclic) bond motifs is 1. The van der Waals surface area contributed by atoms with E-state index < -0.39 is 0 Å². The quantitative estimate of drug-likeness (QED) is 0.660. The van der Waals surface area contributed by atoms with Crippen LogP contribution in [0.3, 0.4) is 0 Å². The number of anilines is 1. The first-order valence-corrected chi connectivity index (χ1v) is 12.1. The number of nitrogens with one attached hydrogen (secondary N) is 1. The van der Waals surface area contributed by atoms with Crippen molar-refractivity contribution in [2.45, 2.75) is 57.3 Å². The van der Waals surface area contributed by atoms with E-state index >= 15 is 0 Å². The van der Waals surface area contributed by atoms with Crippen LogP contribution in [0.2, 0.25) is 0 Å². The summed E-state index contributed by atoms with van der Waals surface area (Å²) < 4.78 is 16.6. The molecule has 0 radical (unpaired) electrons. The van der Waals surface area contributed by atoms with Crippen molar-refractivity contribution in [3.05, 3.63) is 35.5 Å². The molecule has 3 aliphatic rings. The molecule has 2 fully saturated rings. The highest BCUT2D eigenvalue weighted by molar-refractivity contribution is 5.93. The smallest absolute Gasteiger partial charge is 0.229 e. The van der Waals surface area contributed by atoms with Crippen molar-refractivity contribution in [3.8, 4) is 5.75 Å². The van der Waals surface area contributed by atoms with Crippen LogP contribution >= 0.6 is 0 Å². The summed E-state index contributed by atoms with van der Waals surface area (Å²) in [6.07, 6.45) is 11.7. The minimum Gasteiger partial charge on any atom is -0.494 e. The van der Waals surface area contributed by atoms with Crippen LogP contribution in [0.1, 0.15) is 62.8 Å². The summed E-state index contributed by atoms with van der Waals surface area (Å²) in [6.45, 7) is 3.21. The lowest BCUT2D eigenvalue weighted by Gasteiger charge is -2.40. The highest BCUT2D eigenvalue weighted by Gasteiger charge is 2.35. The number of allylic oxidation sites excluding steroid dienone is 1. The molecule has 33 heavy (non-hydrogen) atoms. The third kappa shape index (κ3) is 4.89. The molecule has 0 bridgehead atoms. The van der Waals surface area contributed by atoms with E-state index in [-0.39, 0.29) is 5.91 Å². The number of amides is 1. The Morgan fingerprint density at radius 2 is 1.91 bits per heavy atom. The number of hydrogen-bond acceptors (Lipinski definition) is 6. The Morgan fingerprint density at radius 1 is 1.12 bits per heavy atom. The molecule has 0 unspecified atom stereocenters. The minimum atomic E-state index is -0.0430. The Labute approximate surface area is 194 Å². The average Bonchev–Trinajstić information content (AvgIpc) is 2.84. The van der Waals surface area contributed by atoms with Crippen LogP contribution < -0.4 is 10.1 Å². The third-order valence-corrected chi connectivity index (χ3v) is 7.49. The third-order valence-electron chi connectivity index (χ3n) is 7.49. The predicted molar refractivity (Wildman–Crippen MR) is 127 cm³/mol. The lowest BCUT2D eigenvalue weighted by Crippen LogP contribution is -2.32. The summed E-state index contributed by atoms with van der Waals surface area (Å²) in [5, 5.41) is 2.97. The molecule has 0 atom stereocenters. The maximum Gasteiger partial charge on any atom is 0.229 e. The van der Waals surface area contributed by atoms with Crippen molar-refractivity contribution < 1.29 is 19.0 Å². The van der Waals surface area contributed by atoms with Gasteiger partial charge in [0.2, 0.25) is 5.91 Å². The molecule has 1 spiro atoms. The Morgan fingerprint density at radius 3 is 2.70 bits per heavy atom. The Hall–Kier alpha value is -2.51. The van der Waals surface area contributed by atoms with Gasteiger partial charge in [-0.3, -0.25) is 9.78 Å². The van der Waals surface area contributed by atoms with Gasteiger partial charge < -0.3 is 19.5 Å². The van der Waals surface area contributed by atoms with E-state index in [1.807, 2.05) is 6.07 Å². The molecule has 5 rings (SSSR count).